The molecule has 162 valence electrons. The maximum atomic E-state index is 12.4. The minimum atomic E-state index is -0.965. The fourth-order valence-corrected chi connectivity index (χ4v) is 2.19. The number of aliphatic hydroxyl groups excluding tert-OH is 1. The van der Waals surface area contributed by atoms with Crippen molar-refractivity contribution in [1.29, 1.82) is 0 Å². The van der Waals surface area contributed by atoms with Crippen LogP contribution in [0.3, 0.4) is 0 Å². The van der Waals surface area contributed by atoms with Crippen molar-refractivity contribution in [3.63, 3.8) is 0 Å². The van der Waals surface area contributed by atoms with E-state index in [9.17, 15) is 24.0 Å². The molecular formula is C18H27N3O8. The molecule has 1 rings (SSSR count). The van der Waals surface area contributed by atoms with Gasteiger partial charge in [0.15, 0.2) is 0 Å². The third kappa shape index (κ3) is 8.90. The molecule has 0 fully saturated rings. The standard InChI is InChI=1S/C18H27N3O8/c1-12(2)6-10-28-14(23)4-8-20-16(25)19-17(26)21(18(20)27)9-5-15(24)29-11-7-13(3)22/h1,12-13,22H,4-11H2,2-3H3,(H,19,25,26). The normalized spacial score (nSPS) is 12.0. The van der Waals surface area contributed by atoms with Crippen LogP contribution in [0.25, 0.3) is 0 Å². The lowest BCUT2D eigenvalue weighted by Crippen LogP contribution is -2.49. The van der Waals surface area contributed by atoms with Gasteiger partial charge in [0.1, 0.15) is 0 Å². The van der Waals surface area contributed by atoms with Crippen molar-refractivity contribution in [2.75, 3.05) is 13.2 Å². The highest BCUT2D eigenvalue weighted by atomic mass is 16.5. The summed E-state index contributed by atoms with van der Waals surface area (Å²) in [4.78, 5) is 61.5. The molecule has 1 aromatic heterocycles. The van der Waals surface area contributed by atoms with Crippen molar-refractivity contribution < 1.29 is 24.2 Å². The SMILES string of the molecule is [CH]C(C)CCOC(=O)CCn1c(=O)[nH]c(=O)n(CCC(=O)OCCC(C)O)c1=O. The van der Waals surface area contributed by atoms with Crippen LogP contribution in [0.15, 0.2) is 14.4 Å². The number of esters is 2. The van der Waals surface area contributed by atoms with E-state index in [1.165, 1.54) is 0 Å². The molecule has 0 saturated carbocycles. The van der Waals surface area contributed by atoms with Gasteiger partial charge in [-0.2, -0.15) is 0 Å². The second kappa shape index (κ2) is 12.0. The minimum Gasteiger partial charge on any atom is -0.466 e. The highest BCUT2D eigenvalue weighted by molar-refractivity contribution is 5.69. The van der Waals surface area contributed by atoms with Crippen LogP contribution >= 0.6 is 0 Å². The zero-order valence-electron chi connectivity index (χ0n) is 16.6. The molecule has 0 saturated heterocycles. The molecule has 2 N–H and O–H groups in total. The quantitative estimate of drug-likeness (QED) is 0.418. The minimum absolute atomic E-state index is 0.00625. The number of nitrogens with one attached hydrogen (secondary N) is 1. The maximum absolute atomic E-state index is 12.4. The highest BCUT2D eigenvalue weighted by Gasteiger charge is 2.14. The van der Waals surface area contributed by atoms with Gasteiger partial charge in [-0.15, -0.1) is 0 Å². The Bertz CT molecular complexity index is 785. The molecule has 11 heteroatoms. The molecule has 0 aliphatic carbocycles. The van der Waals surface area contributed by atoms with Crippen molar-refractivity contribution in [1.82, 2.24) is 14.1 Å². The number of hydrogen-bond donors (Lipinski definition) is 2. The van der Waals surface area contributed by atoms with Gasteiger partial charge < -0.3 is 14.6 Å². The van der Waals surface area contributed by atoms with Crippen LogP contribution in [0.4, 0.5) is 0 Å². The molecular weight excluding hydrogens is 386 g/mol. The first-order valence-electron chi connectivity index (χ1n) is 9.30. The van der Waals surface area contributed by atoms with Crippen molar-refractivity contribution in [2.45, 2.75) is 58.7 Å². The maximum Gasteiger partial charge on any atom is 0.336 e. The van der Waals surface area contributed by atoms with E-state index in [1.807, 2.05) is 4.98 Å². The monoisotopic (exact) mass is 413 g/mol. The van der Waals surface area contributed by atoms with E-state index in [1.54, 1.807) is 13.8 Å². The Balaban J connectivity index is 2.71. The van der Waals surface area contributed by atoms with Gasteiger partial charge in [0.05, 0.1) is 32.2 Å². The van der Waals surface area contributed by atoms with Gasteiger partial charge in [-0.25, -0.2) is 23.5 Å². The van der Waals surface area contributed by atoms with Gasteiger partial charge in [0.25, 0.3) is 0 Å². The van der Waals surface area contributed by atoms with E-state index >= 15 is 0 Å². The molecule has 11 nitrogen and oxygen atoms in total. The summed E-state index contributed by atoms with van der Waals surface area (Å²) in [7, 11) is 0. The second-order valence-corrected chi connectivity index (χ2v) is 6.67. The van der Waals surface area contributed by atoms with E-state index < -0.39 is 35.1 Å². The van der Waals surface area contributed by atoms with Crippen LogP contribution in [-0.4, -0.2) is 50.5 Å². The van der Waals surface area contributed by atoms with Crippen molar-refractivity contribution in [3.8, 4) is 0 Å². The molecule has 2 unspecified atom stereocenters. The number of carbonyl (C=O) groups is 2. The van der Waals surface area contributed by atoms with Crippen LogP contribution < -0.4 is 17.1 Å². The molecule has 0 aromatic carbocycles. The zero-order chi connectivity index (χ0) is 22.0. The number of nitrogens with zero attached hydrogens (tertiary/aromatic N) is 2. The molecule has 0 amide bonds. The average Bonchev–Trinajstić information content (AvgIpc) is 2.60. The van der Waals surface area contributed by atoms with Crippen LogP contribution in [0.2, 0.25) is 0 Å². The number of aliphatic hydroxyl groups is 1. The van der Waals surface area contributed by atoms with Crippen LogP contribution in [0, 0.1) is 12.8 Å². The molecule has 1 aromatic rings. The Kier molecular flexibility index (Phi) is 10.1. The summed E-state index contributed by atoms with van der Waals surface area (Å²) in [6, 6.07) is 0. The Hall–Kier alpha value is -2.69. The molecule has 1 heterocycles. The Morgan fingerprint density at radius 2 is 1.41 bits per heavy atom. The average molecular weight is 413 g/mol. The first-order valence-corrected chi connectivity index (χ1v) is 9.30. The predicted molar refractivity (Wildman–Crippen MR) is 101 cm³/mol. The number of H-pyrrole nitrogens is 1. The summed E-state index contributed by atoms with van der Waals surface area (Å²) in [5.74, 6) is -1.40. The Labute approximate surface area is 167 Å². The number of carbonyl (C=O) groups excluding carboxylic acids is 2. The predicted octanol–water partition coefficient (Wildman–Crippen LogP) is -0.927. The van der Waals surface area contributed by atoms with Crippen LogP contribution in [0.1, 0.15) is 39.5 Å². The molecule has 0 spiro atoms. The highest BCUT2D eigenvalue weighted by Crippen LogP contribution is 1.99. The number of ether oxygens (including phenoxy) is 2. The van der Waals surface area contributed by atoms with Crippen LogP contribution in [0.5, 0.6) is 0 Å². The fraction of sp³-hybridized carbons (Fsp3) is 0.667. The van der Waals surface area contributed by atoms with Gasteiger partial charge in [-0.05, 0) is 26.2 Å². The van der Waals surface area contributed by atoms with Gasteiger partial charge in [-0.3, -0.25) is 14.6 Å². The molecule has 2 radical (unpaired) electrons. The van der Waals surface area contributed by atoms with Gasteiger partial charge in [-0.1, -0.05) is 6.92 Å². The lowest BCUT2D eigenvalue weighted by Gasteiger charge is -2.10. The van der Waals surface area contributed by atoms with Crippen molar-refractivity contribution in [2.24, 2.45) is 5.92 Å². The number of rotatable bonds is 12. The first kappa shape index (κ1) is 24.3. The number of hydrogen-bond acceptors (Lipinski definition) is 8. The van der Waals surface area contributed by atoms with Gasteiger partial charge >= 0.3 is 29.0 Å². The second-order valence-electron chi connectivity index (χ2n) is 6.67. The zero-order valence-corrected chi connectivity index (χ0v) is 16.6. The topological polar surface area (TPSA) is 150 Å². The summed E-state index contributed by atoms with van der Waals surface area (Å²) < 4.78 is 11.2. The lowest BCUT2D eigenvalue weighted by atomic mass is 10.1. The van der Waals surface area contributed by atoms with E-state index in [4.69, 9.17) is 21.5 Å². The van der Waals surface area contributed by atoms with Gasteiger partial charge in [0.2, 0.25) is 0 Å². The summed E-state index contributed by atoms with van der Waals surface area (Å²) in [5.41, 5.74) is -2.87. The molecule has 29 heavy (non-hydrogen) atoms. The lowest BCUT2D eigenvalue weighted by molar-refractivity contribution is -0.145. The molecule has 0 aliphatic rings. The summed E-state index contributed by atoms with van der Waals surface area (Å²) in [6.07, 6.45) is -0.411. The first-order chi connectivity index (χ1) is 13.6. The van der Waals surface area contributed by atoms with Crippen LogP contribution in [-0.2, 0) is 32.2 Å². The third-order valence-electron chi connectivity index (χ3n) is 3.88. The third-order valence-corrected chi connectivity index (χ3v) is 3.88. The van der Waals surface area contributed by atoms with E-state index in [0.717, 1.165) is 0 Å². The molecule has 2 atom stereocenters. The van der Waals surface area contributed by atoms with Gasteiger partial charge in [0, 0.05) is 19.5 Å². The summed E-state index contributed by atoms with van der Waals surface area (Å²) in [6.45, 7) is 8.39. The molecule has 0 aliphatic heterocycles. The van der Waals surface area contributed by atoms with Crippen molar-refractivity contribution >= 4 is 11.9 Å². The summed E-state index contributed by atoms with van der Waals surface area (Å²) in [5, 5.41) is 9.11. The Morgan fingerprint density at radius 3 is 1.83 bits per heavy atom. The summed E-state index contributed by atoms with van der Waals surface area (Å²) >= 11 is 0. The van der Waals surface area contributed by atoms with Crippen molar-refractivity contribution in [3.05, 3.63) is 38.4 Å². The largest absolute Gasteiger partial charge is 0.466 e. The smallest absolute Gasteiger partial charge is 0.336 e. The Morgan fingerprint density at radius 1 is 0.966 bits per heavy atom. The van der Waals surface area contributed by atoms with E-state index in [2.05, 4.69) is 0 Å². The molecule has 0 bridgehead atoms. The fourth-order valence-electron chi connectivity index (χ4n) is 2.19. The van der Waals surface area contributed by atoms with E-state index in [-0.39, 0.29) is 51.5 Å². The van der Waals surface area contributed by atoms with E-state index in [0.29, 0.717) is 15.6 Å². The number of aromatic amines is 1. The number of aromatic nitrogens is 3.